The molecular weight excluding hydrogens is 280 g/mol. The third-order valence-corrected chi connectivity index (χ3v) is 2.89. The Labute approximate surface area is 89.9 Å². The topological polar surface area (TPSA) is 0 Å². The molecule has 0 aromatic heterocycles. The van der Waals surface area contributed by atoms with Gasteiger partial charge in [0.05, 0.1) is 0 Å². The van der Waals surface area contributed by atoms with Gasteiger partial charge in [0.2, 0.25) is 0 Å². The molecule has 0 radical (unpaired) electrons. The zero-order chi connectivity index (χ0) is 8.97. The lowest BCUT2D eigenvalue weighted by molar-refractivity contribution is 0.996. The molecule has 1 aromatic rings. The van der Waals surface area contributed by atoms with Crippen LogP contribution in [0.25, 0.3) is 0 Å². The Hall–Kier alpha value is -0.0800. The minimum absolute atomic E-state index is 1.02. The van der Waals surface area contributed by atoms with E-state index in [1.807, 2.05) is 12.1 Å². The van der Waals surface area contributed by atoms with Crippen LogP contribution in [-0.2, 0) is 6.42 Å². The molecule has 0 amide bonds. The van der Waals surface area contributed by atoms with Gasteiger partial charge in [-0.3, -0.25) is 0 Å². The van der Waals surface area contributed by atoms with Gasteiger partial charge in [0.15, 0.2) is 0 Å². The Kier molecular flexibility index (Phi) is 4.02. The van der Waals surface area contributed by atoms with Crippen molar-refractivity contribution in [1.29, 1.82) is 0 Å². The van der Waals surface area contributed by atoms with Gasteiger partial charge >= 0.3 is 0 Å². The highest BCUT2D eigenvalue weighted by atomic mass is 79.9. The molecular formula is C10H10Br2. The number of benzene rings is 1. The smallest absolute Gasteiger partial charge is 0.0208 e. The minimum Gasteiger partial charge on any atom is -0.103 e. The summed E-state index contributed by atoms with van der Waals surface area (Å²) >= 11 is 6.95. The lowest BCUT2D eigenvalue weighted by Crippen LogP contribution is -1.84. The molecule has 0 nitrogen and oxygen atoms in total. The van der Waals surface area contributed by atoms with E-state index < -0.39 is 0 Å². The highest BCUT2D eigenvalue weighted by Crippen LogP contribution is 2.22. The Morgan fingerprint density at radius 3 is 2.75 bits per heavy atom. The van der Waals surface area contributed by atoms with Gasteiger partial charge in [-0.05, 0) is 36.6 Å². The summed E-state index contributed by atoms with van der Waals surface area (Å²) in [5.41, 5.74) is 1.32. The van der Waals surface area contributed by atoms with E-state index in [1.54, 1.807) is 0 Å². The summed E-state index contributed by atoms with van der Waals surface area (Å²) in [6.07, 6.45) is 4.01. The molecule has 0 atom stereocenters. The summed E-state index contributed by atoms with van der Waals surface area (Å²) in [6.45, 7) is 3.70. The minimum atomic E-state index is 1.02. The number of allylic oxidation sites excluding steroid dienone is 1. The van der Waals surface area contributed by atoms with Crippen molar-refractivity contribution in [2.45, 2.75) is 12.8 Å². The van der Waals surface area contributed by atoms with Gasteiger partial charge in [0.25, 0.3) is 0 Å². The van der Waals surface area contributed by atoms with Crippen LogP contribution in [0.2, 0.25) is 0 Å². The zero-order valence-electron chi connectivity index (χ0n) is 6.69. The van der Waals surface area contributed by atoms with Crippen molar-refractivity contribution in [3.05, 3.63) is 45.4 Å². The summed E-state index contributed by atoms with van der Waals surface area (Å²) in [7, 11) is 0. The molecule has 0 bridgehead atoms. The van der Waals surface area contributed by atoms with Crippen LogP contribution >= 0.6 is 31.9 Å². The molecule has 0 unspecified atom stereocenters. The first-order valence-corrected chi connectivity index (χ1v) is 5.37. The first-order chi connectivity index (χ1) is 5.74. The van der Waals surface area contributed by atoms with Crippen molar-refractivity contribution in [3.8, 4) is 0 Å². The fourth-order valence-corrected chi connectivity index (χ4v) is 1.85. The standard InChI is InChI=1S/C10H10Br2/c1-2-3-4-8-7-9(11)5-6-10(8)12/h2,5-7H,1,3-4H2. The molecule has 0 aliphatic rings. The number of rotatable bonds is 3. The molecule has 0 fully saturated rings. The lowest BCUT2D eigenvalue weighted by atomic mass is 10.1. The normalized spacial score (nSPS) is 9.83. The van der Waals surface area contributed by atoms with Crippen molar-refractivity contribution < 1.29 is 0 Å². The molecule has 0 spiro atoms. The third kappa shape index (κ3) is 2.76. The molecule has 0 saturated carbocycles. The maximum Gasteiger partial charge on any atom is 0.0208 e. The first-order valence-electron chi connectivity index (χ1n) is 3.79. The number of hydrogen-bond acceptors (Lipinski definition) is 0. The molecule has 12 heavy (non-hydrogen) atoms. The SMILES string of the molecule is C=CCCc1cc(Br)ccc1Br. The maximum absolute atomic E-state index is 3.70. The summed E-state index contributed by atoms with van der Waals surface area (Å²) in [4.78, 5) is 0. The van der Waals surface area contributed by atoms with E-state index in [2.05, 4.69) is 50.6 Å². The van der Waals surface area contributed by atoms with Crippen molar-refractivity contribution in [3.63, 3.8) is 0 Å². The molecule has 2 heteroatoms. The van der Waals surface area contributed by atoms with Crippen molar-refractivity contribution in [1.82, 2.24) is 0 Å². The van der Waals surface area contributed by atoms with E-state index in [4.69, 9.17) is 0 Å². The molecule has 1 aromatic carbocycles. The van der Waals surface area contributed by atoms with Crippen LogP contribution in [0.4, 0.5) is 0 Å². The van der Waals surface area contributed by atoms with Gasteiger partial charge in [-0.15, -0.1) is 6.58 Å². The van der Waals surface area contributed by atoms with E-state index in [1.165, 1.54) is 10.0 Å². The molecule has 0 aliphatic carbocycles. The third-order valence-electron chi connectivity index (χ3n) is 1.63. The van der Waals surface area contributed by atoms with Gasteiger partial charge in [-0.25, -0.2) is 0 Å². The summed E-state index contributed by atoms with van der Waals surface area (Å²) < 4.78 is 2.30. The largest absolute Gasteiger partial charge is 0.103 e. The molecule has 0 heterocycles. The van der Waals surface area contributed by atoms with Gasteiger partial charge < -0.3 is 0 Å². The van der Waals surface area contributed by atoms with Crippen molar-refractivity contribution in [2.75, 3.05) is 0 Å². The first kappa shape index (κ1) is 10.0. The highest BCUT2D eigenvalue weighted by molar-refractivity contribution is 9.11. The van der Waals surface area contributed by atoms with E-state index in [-0.39, 0.29) is 0 Å². The Balaban J connectivity index is 2.82. The van der Waals surface area contributed by atoms with Crippen LogP contribution in [0, 0.1) is 0 Å². The summed E-state index contributed by atoms with van der Waals surface area (Å²) in [6, 6.07) is 6.22. The Morgan fingerprint density at radius 1 is 1.33 bits per heavy atom. The number of halogens is 2. The Morgan fingerprint density at radius 2 is 2.08 bits per heavy atom. The van der Waals surface area contributed by atoms with E-state index in [9.17, 15) is 0 Å². The summed E-state index contributed by atoms with van der Waals surface area (Å²) in [5.74, 6) is 0. The molecule has 64 valence electrons. The second kappa shape index (κ2) is 4.83. The fraction of sp³-hybridized carbons (Fsp3) is 0.200. The number of hydrogen-bond donors (Lipinski definition) is 0. The fourth-order valence-electron chi connectivity index (χ4n) is 0.992. The maximum atomic E-state index is 3.70. The summed E-state index contributed by atoms with van der Waals surface area (Å²) in [5, 5.41) is 0. The van der Waals surface area contributed by atoms with Crippen LogP contribution in [0.5, 0.6) is 0 Å². The van der Waals surface area contributed by atoms with Gasteiger partial charge in [0.1, 0.15) is 0 Å². The van der Waals surface area contributed by atoms with Crippen LogP contribution in [0.3, 0.4) is 0 Å². The predicted molar refractivity (Wildman–Crippen MR) is 60.4 cm³/mol. The molecule has 0 N–H and O–H groups in total. The van der Waals surface area contributed by atoms with Gasteiger partial charge in [-0.1, -0.05) is 37.9 Å². The lowest BCUT2D eigenvalue weighted by Gasteiger charge is -2.02. The predicted octanol–water partition coefficient (Wildman–Crippen LogP) is 4.33. The van der Waals surface area contributed by atoms with Crippen molar-refractivity contribution in [2.24, 2.45) is 0 Å². The molecule has 0 saturated heterocycles. The second-order valence-electron chi connectivity index (χ2n) is 2.56. The average Bonchev–Trinajstić information content (AvgIpc) is 2.07. The van der Waals surface area contributed by atoms with Crippen molar-refractivity contribution >= 4 is 31.9 Å². The quantitative estimate of drug-likeness (QED) is 0.727. The van der Waals surface area contributed by atoms with Gasteiger partial charge in [0, 0.05) is 8.95 Å². The highest BCUT2D eigenvalue weighted by Gasteiger charge is 1.98. The van der Waals surface area contributed by atoms with E-state index in [0.29, 0.717) is 0 Å². The zero-order valence-corrected chi connectivity index (χ0v) is 9.86. The average molecular weight is 290 g/mol. The number of aryl methyl sites for hydroxylation is 1. The monoisotopic (exact) mass is 288 g/mol. The van der Waals surface area contributed by atoms with E-state index >= 15 is 0 Å². The molecule has 0 aliphatic heterocycles. The van der Waals surface area contributed by atoms with Crippen LogP contribution in [0.1, 0.15) is 12.0 Å². The Bertz CT molecular complexity index is 279. The van der Waals surface area contributed by atoms with Crippen LogP contribution in [-0.4, -0.2) is 0 Å². The van der Waals surface area contributed by atoms with Gasteiger partial charge in [-0.2, -0.15) is 0 Å². The van der Waals surface area contributed by atoms with Crippen LogP contribution < -0.4 is 0 Å². The van der Waals surface area contributed by atoms with E-state index in [0.717, 1.165) is 17.3 Å². The second-order valence-corrected chi connectivity index (χ2v) is 4.33. The van der Waals surface area contributed by atoms with Crippen LogP contribution in [0.15, 0.2) is 39.8 Å². The molecule has 1 rings (SSSR count).